The van der Waals surface area contributed by atoms with Gasteiger partial charge >= 0.3 is 0 Å². The smallest absolute Gasteiger partial charge is 0.170 e. The number of benzene rings is 2. The van der Waals surface area contributed by atoms with Crippen LogP contribution in [0.1, 0.15) is 58.5 Å². The number of Topliss-reactive ketones (excluding diaryl/α,β-unsaturated/α-hetero) is 1. The highest BCUT2D eigenvalue weighted by molar-refractivity contribution is 6.01. The van der Waals surface area contributed by atoms with Crippen LogP contribution in [0.3, 0.4) is 0 Å². The zero-order valence-electron chi connectivity index (χ0n) is 22.9. The molecule has 1 fully saturated rings. The lowest BCUT2D eigenvalue weighted by Gasteiger charge is -2.36. The summed E-state index contributed by atoms with van der Waals surface area (Å²) in [4.78, 5) is 26.6. The Morgan fingerprint density at radius 3 is 2.58 bits per heavy atom. The van der Waals surface area contributed by atoms with Crippen LogP contribution < -0.4 is 15.2 Å². The number of piperidine rings is 1. The lowest BCUT2D eigenvalue weighted by atomic mass is 9.89. The number of carbonyl (C=O) groups is 2. The number of hydrogen-bond acceptors (Lipinski definition) is 7. The Morgan fingerprint density at radius 2 is 1.89 bits per heavy atom. The van der Waals surface area contributed by atoms with Crippen LogP contribution >= 0.6 is 0 Å². The summed E-state index contributed by atoms with van der Waals surface area (Å²) in [6.07, 6.45) is 6.18. The molecule has 1 atom stereocenters. The number of carbonyl (C=O) groups excluding carboxylic acids is 2. The van der Waals surface area contributed by atoms with Crippen molar-refractivity contribution in [1.82, 2.24) is 9.47 Å². The lowest BCUT2D eigenvalue weighted by Crippen LogP contribution is -2.43. The van der Waals surface area contributed by atoms with Crippen LogP contribution in [-0.2, 0) is 11.2 Å². The van der Waals surface area contributed by atoms with E-state index in [-0.39, 0.29) is 5.78 Å². The second-order valence-electron chi connectivity index (χ2n) is 10.2. The summed E-state index contributed by atoms with van der Waals surface area (Å²) < 4.78 is 19.7. The first-order valence-corrected chi connectivity index (χ1v) is 13.2. The maximum Gasteiger partial charge on any atom is 0.170 e. The van der Waals surface area contributed by atoms with Crippen LogP contribution in [-0.4, -0.2) is 74.6 Å². The van der Waals surface area contributed by atoms with Gasteiger partial charge in [0.25, 0.3) is 0 Å². The van der Waals surface area contributed by atoms with Gasteiger partial charge in [-0.25, -0.2) is 0 Å². The fourth-order valence-electron chi connectivity index (χ4n) is 5.73. The van der Waals surface area contributed by atoms with Crippen LogP contribution in [0.2, 0.25) is 0 Å². The molecule has 0 radical (unpaired) electrons. The first-order valence-electron chi connectivity index (χ1n) is 13.2. The molecule has 0 aliphatic carbocycles. The third-order valence-corrected chi connectivity index (χ3v) is 7.58. The topological polar surface area (TPSA) is 96.0 Å². The molecule has 3 aromatic rings. The molecule has 8 nitrogen and oxygen atoms in total. The summed E-state index contributed by atoms with van der Waals surface area (Å²) in [5.41, 5.74) is 7.24. The van der Waals surface area contributed by atoms with Gasteiger partial charge in [-0.2, -0.15) is 0 Å². The van der Waals surface area contributed by atoms with Crippen molar-refractivity contribution in [1.29, 1.82) is 0 Å². The van der Waals surface area contributed by atoms with E-state index in [4.69, 9.17) is 14.2 Å². The SMILES string of the molecule is CN.COCC1(C)CC(=O)c2ccc(OC)c(CCN3CCC(n4ccc5ccc(C=O)cc54)CC3)c2O1. The van der Waals surface area contributed by atoms with Crippen molar-refractivity contribution in [3.8, 4) is 11.5 Å². The number of methoxy groups -OCH3 is 2. The van der Waals surface area contributed by atoms with E-state index in [0.717, 1.165) is 62.0 Å². The highest BCUT2D eigenvalue weighted by Crippen LogP contribution is 2.41. The number of ketones is 1. The molecule has 3 heterocycles. The average molecular weight is 522 g/mol. The van der Waals surface area contributed by atoms with E-state index < -0.39 is 5.60 Å². The van der Waals surface area contributed by atoms with Gasteiger partial charge in [-0.15, -0.1) is 0 Å². The van der Waals surface area contributed by atoms with Crippen molar-refractivity contribution in [3.05, 3.63) is 59.3 Å². The van der Waals surface area contributed by atoms with Gasteiger partial charge < -0.3 is 29.4 Å². The number of fused-ring (bicyclic) bond motifs is 2. The van der Waals surface area contributed by atoms with Gasteiger partial charge in [-0.3, -0.25) is 9.59 Å². The second-order valence-corrected chi connectivity index (χ2v) is 10.2. The van der Waals surface area contributed by atoms with E-state index in [1.54, 1.807) is 14.2 Å². The molecule has 0 saturated carbocycles. The molecule has 0 amide bonds. The second kappa shape index (κ2) is 12.1. The number of aromatic nitrogens is 1. The fraction of sp³-hybridized carbons (Fsp3) is 0.467. The predicted octanol–water partition coefficient (Wildman–Crippen LogP) is 4.29. The normalized spacial score (nSPS) is 19.9. The minimum atomic E-state index is -0.679. The Labute approximate surface area is 224 Å². The van der Waals surface area contributed by atoms with Crippen LogP contribution in [0.25, 0.3) is 10.9 Å². The first-order chi connectivity index (χ1) is 18.4. The van der Waals surface area contributed by atoms with Crippen LogP contribution in [0.5, 0.6) is 11.5 Å². The van der Waals surface area contributed by atoms with Crippen molar-refractivity contribution >= 4 is 23.0 Å². The van der Waals surface area contributed by atoms with Crippen molar-refractivity contribution in [3.63, 3.8) is 0 Å². The lowest BCUT2D eigenvalue weighted by molar-refractivity contribution is -0.00665. The molecule has 1 aromatic heterocycles. The summed E-state index contributed by atoms with van der Waals surface area (Å²) >= 11 is 0. The Kier molecular flexibility index (Phi) is 8.87. The Morgan fingerprint density at radius 1 is 1.13 bits per heavy atom. The molecular formula is C30H39N3O5. The third-order valence-electron chi connectivity index (χ3n) is 7.58. The Hall–Kier alpha value is -3.20. The number of likely N-dealkylation sites (tertiary alicyclic amines) is 1. The van der Waals surface area contributed by atoms with Crippen LogP contribution in [0.15, 0.2) is 42.6 Å². The summed E-state index contributed by atoms with van der Waals surface area (Å²) in [6, 6.07) is 12.1. The van der Waals surface area contributed by atoms with Crippen molar-refractivity contribution in [2.24, 2.45) is 5.73 Å². The number of rotatable bonds is 8. The summed E-state index contributed by atoms with van der Waals surface area (Å²) in [7, 11) is 4.79. The highest BCUT2D eigenvalue weighted by Gasteiger charge is 2.38. The molecule has 2 aromatic carbocycles. The van der Waals surface area contributed by atoms with Gasteiger partial charge in [0.15, 0.2) is 5.78 Å². The highest BCUT2D eigenvalue weighted by atomic mass is 16.5. The Balaban J connectivity index is 0.00000164. The largest absolute Gasteiger partial charge is 0.496 e. The van der Waals surface area contributed by atoms with Gasteiger partial charge in [0, 0.05) is 55.6 Å². The van der Waals surface area contributed by atoms with E-state index in [1.165, 1.54) is 12.4 Å². The predicted molar refractivity (Wildman–Crippen MR) is 149 cm³/mol. The fourth-order valence-corrected chi connectivity index (χ4v) is 5.73. The van der Waals surface area contributed by atoms with E-state index in [0.29, 0.717) is 35.9 Å². The van der Waals surface area contributed by atoms with Gasteiger partial charge in [-0.1, -0.05) is 12.1 Å². The maximum atomic E-state index is 12.9. The average Bonchev–Trinajstić information content (AvgIpc) is 3.36. The summed E-state index contributed by atoms with van der Waals surface area (Å²) in [5, 5.41) is 1.17. The molecule has 204 valence electrons. The zero-order valence-corrected chi connectivity index (χ0v) is 22.9. The number of nitrogens with two attached hydrogens (primary N) is 1. The first kappa shape index (κ1) is 27.8. The molecule has 0 bridgehead atoms. The van der Waals surface area contributed by atoms with E-state index in [1.807, 2.05) is 37.3 Å². The molecule has 2 N–H and O–H groups in total. The number of aldehydes is 1. The van der Waals surface area contributed by atoms with Gasteiger partial charge in [0.2, 0.25) is 0 Å². The minimum Gasteiger partial charge on any atom is -0.496 e. The Bertz CT molecular complexity index is 1280. The number of nitrogens with zero attached hydrogens (tertiary/aromatic N) is 2. The third kappa shape index (κ3) is 5.62. The van der Waals surface area contributed by atoms with E-state index in [2.05, 4.69) is 27.5 Å². The van der Waals surface area contributed by atoms with Crippen molar-refractivity contribution in [2.75, 3.05) is 47.5 Å². The molecule has 5 rings (SSSR count). The molecule has 1 saturated heterocycles. The molecule has 2 aliphatic heterocycles. The maximum absolute atomic E-state index is 12.9. The van der Waals surface area contributed by atoms with E-state index >= 15 is 0 Å². The van der Waals surface area contributed by atoms with Crippen molar-refractivity contribution in [2.45, 2.75) is 44.2 Å². The molecule has 8 heteroatoms. The van der Waals surface area contributed by atoms with Gasteiger partial charge in [0.1, 0.15) is 23.4 Å². The van der Waals surface area contributed by atoms with Crippen molar-refractivity contribution < 1.29 is 23.8 Å². The van der Waals surface area contributed by atoms with E-state index in [9.17, 15) is 9.59 Å². The van der Waals surface area contributed by atoms with Gasteiger partial charge in [-0.05, 0) is 62.9 Å². The van der Waals surface area contributed by atoms with Gasteiger partial charge in [0.05, 0.1) is 25.7 Å². The quantitative estimate of drug-likeness (QED) is 0.442. The van der Waals surface area contributed by atoms with Crippen LogP contribution in [0.4, 0.5) is 0 Å². The minimum absolute atomic E-state index is 0.0807. The zero-order chi connectivity index (χ0) is 27.3. The molecular weight excluding hydrogens is 482 g/mol. The monoisotopic (exact) mass is 521 g/mol. The summed E-state index contributed by atoms with van der Waals surface area (Å²) in [5.74, 6) is 1.48. The number of hydrogen-bond donors (Lipinski definition) is 1. The van der Waals surface area contributed by atoms with Crippen LogP contribution in [0, 0.1) is 0 Å². The molecule has 38 heavy (non-hydrogen) atoms. The molecule has 1 unspecified atom stereocenters. The number of ether oxygens (including phenoxy) is 3. The molecule has 2 aliphatic rings. The molecule has 0 spiro atoms. The summed E-state index contributed by atoms with van der Waals surface area (Å²) in [6.45, 7) is 5.10. The standard InChI is InChI=1S/C29H34N2O5.CH5N/c1-29(19-34-2)17-26(33)23-6-7-27(35-3)24(28(23)36-29)11-14-30-12-9-22(10-13-30)31-15-8-21-5-4-20(18-32)16-25(21)31;1-2/h4-8,15-16,18,22H,9-14,17,19H2,1-3H3;2H2,1H3.